The van der Waals surface area contributed by atoms with Crippen LogP contribution in [0, 0.1) is 17.7 Å². The molecule has 1 aliphatic heterocycles. The van der Waals surface area contributed by atoms with E-state index in [1.807, 2.05) is 0 Å². The topological polar surface area (TPSA) is 81.4 Å². The van der Waals surface area contributed by atoms with Crippen LogP contribution >= 0.6 is 0 Å². The highest BCUT2D eigenvalue weighted by atomic mass is 32.2. The minimum absolute atomic E-state index is 0.0312. The Bertz CT molecular complexity index is 659. The van der Waals surface area contributed by atoms with Crippen molar-refractivity contribution in [3.05, 3.63) is 29.6 Å². The summed E-state index contributed by atoms with van der Waals surface area (Å²) >= 11 is 0. The SMILES string of the molecule is NCC#Cc1cc(F)ccc1S(=O)(=O)NC1CCOCC1. The summed E-state index contributed by atoms with van der Waals surface area (Å²) in [5.41, 5.74) is 5.39. The van der Waals surface area contributed by atoms with Crippen molar-refractivity contribution in [2.45, 2.75) is 23.8 Å². The fraction of sp³-hybridized carbons (Fsp3) is 0.429. The first-order valence-electron chi connectivity index (χ1n) is 6.61. The predicted molar refractivity (Wildman–Crippen MR) is 76.5 cm³/mol. The first-order valence-corrected chi connectivity index (χ1v) is 8.10. The van der Waals surface area contributed by atoms with Crippen LogP contribution < -0.4 is 10.5 Å². The van der Waals surface area contributed by atoms with Crippen LogP contribution in [0.3, 0.4) is 0 Å². The van der Waals surface area contributed by atoms with E-state index in [1.165, 1.54) is 6.07 Å². The van der Waals surface area contributed by atoms with Crippen molar-refractivity contribution in [2.75, 3.05) is 19.8 Å². The van der Waals surface area contributed by atoms with Gasteiger partial charge in [-0.05, 0) is 31.0 Å². The Hall–Kier alpha value is -1.46. The second-order valence-electron chi connectivity index (χ2n) is 4.65. The zero-order chi connectivity index (χ0) is 15.3. The number of rotatable bonds is 3. The summed E-state index contributed by atoms with van der Waals surface area (Å²) in [6.07, 6.45) is 1.23. The fourth-order valence-electron chi connectivity index (χ4n) is 2.08. The molecule has 1 saturated heterocycles. The minimum Gasteiger partial charge on any atom is -0.381 e. The average molecular weight is 312 g/mol. The van der Waals surface area contributed by atoms with E-state index in [0.29, 0.717) is 26.1 Å². The van der Waals surface area contributed by atoms with Crippen molar-refractivity contribution in [3.8, 4) is 11.8 Å². The maximum atomic E-state index is 13.3. The van der Waals surface area contributed by atoms with Gasteiger partial charge in [0.25, 0.3) is 0 Å². The van der Waals surface area contributed by atoms with Crippen LogP contribution in [0.25, 0.3) is 0 Å². The predicted octanol–water partition coefficient (Wildman–Crippen LogP) is 0.593. The maximum Gasteiger partial charge on any atom is 0.242 e. The second kappa shape index (κ2) is 7.00. The highest BCUT2D eigenvalue weighted by Crippen LogP contribution is 2.18. The van der Waals surface area contributed by atoms with Crippen LogP contribution in [0.4, 0.5) is 4.39 Å². The third-order valence-electron chi connectivity index (χ3n) is 3.10. The van der Waals surface area contributed by atoms with Crippen molar-refractivity contribution in [3.63, 3.8) is 0 Å². The average Bonchev–Trinajstić information content (AvgIpc) is 2.45. The van der Waals surface area contributed by atoms with Gasteiger partial charge in [-0.15, -0.1) is 0 Å². The zero-order valence-electron chi connectivity index (χ0n) is 11.4. The molecule has 0 saturated carbocycles. The second-order valence-corrected chi connectivity index (χ2v) is 6.34. The van der Waals surface area contributed by atoms with Gasteiger partial charge in [0, 0.05) is 24.8 Å². The van der Waals surface area contributed by atoms with Crippen LogP contribution in [-0.4, -0.2) is 34.2 Å². The monoisotopic (exact) mass is 312 g/mol. The minimum atomic E-state index is -3.75. The van der Waals surface area contributed by atoms with E-state index in [1.54, 1.807) is 0 Å². The highest BCUT2D eigenvalue weighted by Gasteiger charge is 2.24. The molecule has 1 aliphatic rings. The first-order chi connectivity index (χ1) is 10.0. The number of hydrogen-bond acceptors (Lipinski definition) is 4. The maximum absolute atomic E-state index is 13.3. The number of nitrogens with two attached hydrogens (primary N) is 1. The van der Waals surface area contributed by atoms with Crippen molar-refractivity contribution in [1.82, 2.24) is 4.72 Å². The lowest BCUT2D eigenvalue weighted by atomic mass is 10.1. The molecule has 0 aliphatic carbocycles. The molecule has 0 radical (unpaired) electrons. The summed E-state index contributed by atoms with van der Waals surface area (Å²) in [6.45, 7) is 1.12. The largest absolute Gasteiger partial charge is 0.381 e. The summed E-state index contributed by atoms with van der Waals surface area (Å²) in [4.78, 5) is -0.0312. The Labute approximate surface area is 123 Å². The van der Waals surface area contributed by atoms with Gasteiger partial charge < -0.3 is 10.5 Å². The van der Waals surface area contributed by atoms with E-state index in [0.717, 1.165) is 12.1 Å². The van der Waals surface area contributed by atoms with E-state index >= 15 is 0 Å². The Kier molecular flexibility index (Phi) is 5.31. The Balaban J connectivity index is 2.30. The van der Waals surface area contributed by atoms with Crippen molar-refractivity contribution < 1.29 is 17.5 Å². The lowest BCUT2D eigenvalue weighted by Gasteiger charge is -2.23. The van der Waals surface area contributed by atoms with E-state index < -0.39 is 15.8 Å². The molecule has 0 aromatic heterocycles. The summed E-state index contributed by atoms with van der Waals surface area (Å²) in [7, 11) is -3.75. The zero-order valence-corrected chi connectivity index (χ0v) is 12.2. The van der Waals surface area contributed by atoms with Crippen LogP contribution in [0.2, 0.25) is 0 Å². The summed E-state index contributed by atoms with van der Waals surface area (Å²) in [5.74, 6) is 4.60. The highest BCUT2D eigenvalue weighted by molar-refractivity contribution is 7.89. The van der Waals surface area contributed by atoms with Crippen LogP contribution in [0.1, 0.15) is 18.4 Å². The van der Waals surface area contributed by atoms with Gasteiger partial charge in [-0.25, -0.2) is 17.5 Å². The molecular weight excluding hydrogens is 295 g/mol. The number of ether oxygens (including phenoxy) is 1. The molecule has 0 unspecified atom stereocenters. The Morgan fingerprint density at radius 2 is 2.10 bits per heavy atom. The summed E-state index contributed by atoms with van der Waals surface area (Å²) in [5, 5.41) is 0. The quantitative estimate of drug-likeness (QED) is 0.801. The molecule has 0 spiro atoms. The van der Waals surface area contributed by atoms with Gasteiger partial charge in [0.1, 0.15) is 5.82 Å². The van der Waals surface area contributed by atoms with Gasteiger partial charge in [0.15, 0.2) is 0 Å². The van der Waals surface area contributed by atoms with Crippen molar-refractivity contribution in [2.24, 2.45) is 5.73 Å². The van der Waals surface area contributed by atoms with Crippen molar-refractivity contribution in [1.29, 1.82) is 0 Å². The molecular formula is C14H17FN2O3S. The van der Waals surface area contributed by atoms with Crippen molar-refractivity contribution >= 4 is 10.0 Å². The van der Waals surface area contributed by atoms with Gasteiger partial charge in [-0.2, -0.15) is 0 Å². The van der Waals surface area contributed by atoms with Gasteiger partial charge >= 0.3 is 0 Å². The molecule has 0 bridgehead atoms. The molecule has 21 heavy (non-hydrogen) atoms. The number of halogens is 1. The third-order valence-corrected chi connectivity index (χ3v) is 4.68. The van der Waals surface area contributed by atoms with E-state index in [4.69, 9.17) is 10.5 Å². The van der Waals surface area contributed by atoms with Gasteiger partial charge in [0.2, 0.25) is 10.0 Å². The van der Waals surface area contributed by atoms with E-state index in [2.05, 4.69) is 16.6 Å². The Morgan fingerprint density at radius 1 is 1.38 bits per heavy atom. The van der Waals surface area contributed by atoms with Crippen LogP contribution in [-0.2, 0) is 14.8 Å². The molecule has 0 atom stereocenters. The fourth-order valence-corrected chi connectivity index (χ4v) is 3.53. The molecule has 3 N–H and O–H groups in total. The molecule has 1 fully saturated rings. The number of hydrogen-bond donors (Lipinski definition) is 2. The Morgan fingerprint density at radius 3 is 2.76 bits per heavy atom. The van der Waals surface area contributed by atoms with Gasteiger partial charge in [-0.1, -0.05) is 11.8 Å². The third kappa shape index (κ3) is 4.25. The van der Waals surface area contributed by atoms with Crippen LogP contribution in [0.5, 0.6) is 0 Å². The standard InChI is InChI=1S/C14H17FN2O3S/c15-12-3-4-14(11(10-12)2-1-7-16)21(18,19)17-13-5-8-20-9-6-13/h3-4,10,13,17H,5-9,16H2. The number of benzene rings is 1. The van der Waals surface area contributed by atoms with Gasteiger partial charge in [0.05, 0.1) is 11.4 Å². The lowest BCUT2D eigenvalue weighted by molar-refractivity contribution is 0.0832. The molecule has 114 valence electrons. The van der Waals surface area contributed by atoms with E-state index in [-0.39, 0.29) is 23.0 Å². The molecule has 1 heterocycles. The normalized spacial score (nSPS) is 16.3. The molecule has 5 nitrogen and oxygen atoms in total. The lowest BCUT2D eigenvalue weighted by Crippen LogP contribution is -2.39. The molecule has 1 aromatic rings. The first kappa shape index (κ1) is 15.9. The smallest absolute Gasteiger partial charge is 0.242 e. The van der Waals surface area contributed by atoms with Gasteiger partial charge in [-0.3, -0.25) is 0 Å². The number of sulfonamides is 1. The summed E-state index contributed by atoms with van der Waals surface area (Å²) in [6, 6.07) is 3.24. The number of nitrogens with one attached hydrogen (secondary N) is 1. The molecule has 7 heteroatoms. The molecule has 0 amide bonds. The molecule has 1 aromatic carbocycles. The van der Waals surface area contributed by atoms with E-state index in [9.17, 15) is 12.8 Å². The summed E-state index contributed by atoms with van der Waals surface area (Å²) < 4.78 is 45.9. The van der Waals surface area contributed by atoms with Crippen LogP contribution in [0.15, 0.2) is 23.1 Å². The molecule has 2 rings (SSSR count).